The molecule has 0 atom stereocenters. The second kappa shape index (κ2) is 8.45. The molecule has 3 aromatic heterocycles. The maximum Gasteiger partial charge on any atom is 0.263 e. The zero-order chi connectivity index (χ0) is 21.3. The maximum absolute atomic E-state index is 13.1. The summed E-state index contributed by atoms with van der Waals surface area (Å²) in [6.07, 6.45) is 2.38. The zero-order valence-electron chi connectivity index (χ0n) is 16.9. The van der Waals surface area contributed by atoms with Crippen LogP contribution in [-0.4, -0.2) is 25.7 Å². The van der Waals surface area contributed by atoms with Crippen molar-refractivity contribution in [1.82, 2.24) is 19.7 Å². The fourth-order valence-electron chi connectivity index (χ4n) is 3.04. The van der Waals surface area contributed by atoms with E-state index in [4.69, 9.17) is 0 Å². The summed E-state index contributed by atoms with van der Waals surface area (Å²) in [4.78, 5) is 30.6. The quantitative estimate of drug-likeness (QED) is 0.484. The third-order valence-electron chi connectivity index (χ3n) is 4.73. The first-order valence-electron chi connectivity index (χ1n) is 9.65. The summed E-state index contributed by atoms with van der Waals surface area (Å²) in [5, 5.41) is 14.5. The van der Waals surface area contributed by atoms with Crippen LogP contribution in [0, 0.1) is 0 Å². The molecule has 0 unspecified atom stereocenters. The summed E-state index contributed by atoms with van der Waals surface area (Å²) < 4.78 is 1.33. The zero-order valence-corrected chi connectivity index (χ0v) is 18.5. The number of anilines is 1. The summed E-state index contributed by atoms with van der Waals surface area (Å²) in [5.74, 6) is -0.0976. The number of rotatable bonds is 6. The van der Waals surface area contributed by atoms with Gasteiger partial charge in [0.2, 0.25) is 11.0 Å². The Morgan fingerprint density at radius 3 is 2.63 bits per heavy atom. The molecule has 7 nitrogen and oxygen atoms in total. The van der Waals surface area contributed by atoms with E-state index in [-0.39, 0.29) is 23.9 Å². The van der Waals surface area contributed by atoms with Crippen molar-refractivity contribution in [3.8, 4) is 11.1 Å². The van der Waals surface area contributed by atoms with Gasteiger partial charge in [-0.05, 0) is 17.5 Å². The molecule has 4 aromatic rings. The van der Waals surface area contributed by atoms with Crippen LogP contribution < -0.4 is 10.9 Å². The van der Waals surface area contributed by atoms with Gasteiger partial charge in [0.25, 0.3) is 5.56 Å². The van der Waals surface area contributed by atoms with Gasteiger partial charge in [-0.25, -0.2) is 4.98 Å². The molecule has 0 saturated heterocycles. The van der Waals surface area contributed by atoms with Gasteiger partial charge in [-0.1, -0.05) is 56.4 Å². The fourth-order valence-corrected chi connectivity index (χ4v) is 4.71. The van der Waals surface area contributed by atoms with Crippen molar-refractivity contribution >= 4 is 43.9 Å². The number of nitrogens with zero attached hydrogens (tertiary/aromatic N) is 4. The number of nitrogens with one attached hydrogen (secondary N) is 1. The normalized spacial score (nSPS) is 11.3. The summed E-state index contributed by atoms with van der Waals surface area (Å²) in [6, 6.07) is 8.17. The first-order chi connectivity index (χ1) is 14.5. The molecule has 0 spiro atoms. The smallest absolute Gasteiger partial charge is 0.263 e. The monoisotopic (exact) mass is 439 g/mol. The highest BCUT2D eigenvalue weighted by Crippen LogP contribution is 2.30. The van der Waals surface area contributed by atoms with E-state index in [0.29, 0.717) is 15.3 Å². The van der Waals surface area contributed by atoms with Crippen LogP contribution in [-0.2, 0) is 17.8 Å². The average molecular weight is 440 g/mol. The van der Waals surface area contributed by atoms with Crippen molar-refractivity contribution in [2.45, 2.75) is 39.7 Å². The predicted octanol–water partition coefficient (Wildman–Crippen LogP) is 4.30. The van der Waals surface area contributed by atoms with Gasteiger partial charge in [-0.2, -0.15) is 0 Å². The van der Waals surface area contributed by atoms with E-state index < -0.39 is 0 Å². The third-order valence-corrected chi connectivity index (χ3v) is 6.75. The van der Waals surface area contributed by atoms with Gasteiger partial charge in [0.1, 0.15) is 16.4 Å². The van der Waals surface area contributed by atoms with Gasteiger partial charge in [-0.3, -0.25) is 19.5 Å². The summed E-state index contributed by atoms with van der Waals surface area (Å²) in [6.45, 7) is 6.00. The molecule has 0 aliphatic carbocycles. The van der Waals surface area contributed by atoms with E-state index in [1.807, 2.05) is 31.4 Å². The largest absolute Gasteiger partial charge is 0.299 e. The lowest BCUT2D eigenvalue weighted by Crippen LogP contribution is -2.27. The van der Waals surface area contributed by atoms with Crippen LogP contribution in [0.5, 0.6) is 0 Å². The summed E-state index contributed by atoms with van der Waals surface area (Å²) in [5.41, 5.74) is 2.82. The SMILES string of the molecule is CCc1ccc(-c2csc3ncn(CC(=O)Nc4nnc(C(C)C)s4)c(=O)c23)cc1. The predicted molar refractivity (Wildman–Crippen MR) is 121 cm³/mol. The van der Waals surface area contributed by atoms with Crippen molar-refractivity contribution in [2.75, 3.05) is 5.32 Å². The van der Waals surface area contributed by atoms with Crippen molar-refractivity contribution < 1.29 is 4.79 Å². The topological polar surface area (TPSA) is 89.8 Å². The number of carbonyl (C=O) groups is 1. The van der Waals surface area contributed by atoms with Crippen molar-refractivity contribution in [2.24, 2.45) is 0 Å². The molecule has 30 heavy (non-hydrogen) atoms. The summed E-state index contributed by atoms with van der Waals surface area (Å²) >= 11 is 2.76. The van der Waals surface area contributed by atoms with Gasteiger partial charge < -0.3 is 0 Å². The highest BCUT2D eigenvalue weighted by Gasteiger charge is 2.16. The minimum atomic E-state index is -0.339. The van der Waals surface area contributed by atoms with Gasteiger partial charge in [-0.15, -0.1) is 21.5 Å². The first kappa shape index (κ1) is 20.4. The number of aryl methyl sites for hydroxylation is 1. The molecule has 1 N–H and O–H groups in total. The lowest BCUT2D eigenvalue weighted by Gasteiger charge is -2.06. The highest BCUT2D eigenvalue weighted by molar-refractivity contribution is 7.17. The molecule has 9 heteroatoms. The lowest BCUT2D eigenvalue weighted by atomic mass is 10.0. The van der Waals surface area contributed by atoms with Crippen LogP contribution in [0.1, 0.15) is 37.3 Å². The number of fused-ring (bicyclic) bond motifs is 1. The minimum absolute atomic E-state index is 0.136. The number of carbonyl (C=O) groups excluding carboxylic acids is 1. The van der Waals surface area contributed by atoms with Gasteiger partial charge in [0.05, 0.1) is 11.7 Å². The standard InChI is InChI=1S/C21H21N5O2S2/c1-4-13-5-7-14(8-6-13)15-10-29-19-17(15)20(28)26(11-22-19)9-16(27)23-21-25-24-18(30-21)12(2)3/h5-8,10-12H,4,9H2,1-3H3,(H,23,25,27). The first-order valence-corrected chi connectivity index (χ1v) is 11.3. The number of hydrogen-bond donors (Lipinski definition) is 1. The Bertz CT molecular complexity index is 1250. The Balaban J connectivity index is 1.60. The number of thiophene rings is 1. The Morgan fingerprint density at radius 1 is 1.20 bits per heavy atom. The fraction of sp³-hybridized carbons (Fsp3) is 0.286. The Morgan fingerprint density at radius 2 is 1.97 bits per heavy atom. The second-order valence-corrected chi connectivity index (χ2v) is 9.07. The molecule has 0 fully saturated rings. The Kier molecular flexibility index (Phi) is 5.74. The molecule has 0 aliphatic heterocycles. The number of hydrogen-bond acceptors (Lipinski definition) is 7. The van der Waals surface area contributed by atoms with E-state index >= 15 is 0 Å². The molecule has 3 heterocycles. The van der Waals surface area contributed by atoms with Crippen molar-refractivity contribution in [3.63, 3.8) is 0 Å². The van der Waals surface area contributed by atoms with Crippen molar-refractivity contribution in [1.29, 1.82) is 0 Å². The van der Waals surface area contributed by atoms with E-state index in [0.717, 1.165) is 22.6 Å². The number of benzene rings is 1. The molecule has 0 saturated carbocycles. The van der Waals surface area contributed by atoms with Crippen LogP contribution in [0.3, 0.4) is 0 Å². The highest BCUT2D eigenvalue weighted by atomic mass is 32.1. The second-order valence-electron chi connectivity index (χ2n) is 7.21. The average Bonchev–Trinajstić information content (AvgIpc) is 3.38. The van der Waals surface area contributed by atoms with Gasteiger partial charge in [0, 0.05) is 16.9 Å². The van der Waals surface area contributed by atoms with E-state index in [2.05, 4.69) is 39.6 Å². The molecule has 1 amide bonds. The van der Waals surface area contributed by atoms with Crippen LogP contribution in [0.4, 0.5) is 5.13 Å². The van der Waals surface area contributed by atoms with Crippen LogP contribution >= 0.6 is 22.7 Å². The molecule has 154 valence electrons. The Hall–Kier alpha value is -2.91. The number of aromatic nitrogens is 4. The molecule has 0 aliphatic rings. The molecule has 0 radical (unpaired) electrons. The molecule has 1 aromatic carbocycles. The molecular weight excluding hydrogens is 418 g/mol. The van der Waals surface area contributed by atoms with E-state index in [1.54, 1.807) is 0 Å². The molecular formula is C21H21N5O2S2. The minimum Gasteiger partial charge on any atom is -0.299 e. The molecule has 0 bridgehead atoms. The van der Waals surface area contributed by atoms with E-state index in [9.17, 15) is 9.59 Å². The summed E-state index contributed by atoms with van der Waals surface area (Å²) in [7, 11) is 0. The van der Waals surface area contributed by atoms with Gasteiger partial charge in [0.15, 0.2) is 0 Å². The van der Waals surface area contributed by atoms with E-state index in [1.165, 1.54) is 39.1 Å². The Labute approximate surface area is 181 Å². The third kappa shape index (κ3) is 4.03. The van der Waals surface area contributed by atoms with Crippen LogP contribution in [0.2, 0.25) is 0 Å². The lowest BCUT2D eigenvalue weighted by molar-refractivity contribution is -0.116. The molecule has 4 rings (SSSR count). The maximum atomic E-state index is 13.1. The van der Waals surface area contributed by atoms with Gasteiger partial charge >= 0.3 is 0 Å². The van der Waals surface area contributed by atoms with Crippen molar-refractivity contribution in [3.05, 3.63) is 56.9 Å². The number of amides is 1. The van der Waals surface area contributed by atoms with Crippen LogP contribution in [0.25, 0.3) is 21.3 Å². The van der Waals surface area contributed by atoms with Crippen LogP contribution in [0.15, 0.2) is 40.8 Å².